The zero-order chi connectivity index (χ0) is 22.4. The molecule has 2 heterocycles. The predicted molar refractivity (Wildman–Crippen MR) is 123 cm³/mol. The Hall–Kier alpha value is -2.86. The van der Waals surface area contributed by atoms with E-state index in [1.807, 2.05) is 29.2 Å². The van der Waals surface area contributed by atoms with Crippen molar-refractivity contribution in [2.45, 2.75) is 32.1 Å². The summed E-state index contributed by atoms with van der Waals surface area (Å²) in [5.74, 6) is 1.09. The van der Waals surface area contributed by atoms with Gasteiger partial charge in [-0.1, -0.05) is 42.5 Å². The molecule has 2 aliphatic rings. The summed E-state index contributed by atoms with van der Waals surface area (Å²) in [5, 5.41) is 3.12. The molecule has 0 radical (unpaired) electrons. The number of benzene rings is 2. The van der Waals surface area contributed by atoms with Crippen molar-refractivity contribution in [3.8, 4) is 16.9 Å². The summed E-state index contributed by atoms with van der Waals surface area (Å²) in [6.07, 6.45) is 3.59. The maximum Gasteiger partial charge on any atom is 0.226 e. The van der Waals surface area contributed by atoms with Crippen molar-refractivity contribution in [3.63, 3.8) is 0 Å². The highest BCUT2D eigenvalue weighted by molar-refractivity contribution is 5.83. The first-order valence-electron chi connectivity index (χ1n) is 11.5. The van der Waals surface area contributed by atoms with Gasteiger partial charge in [-0.05, 0) is 42.9 Å². The lowest BCUT2D eigenvalue weighted by Gasteiger charge is -2.36. The summed E-state index contributed by atoms with van der Waals surface area (Å²) in [5.41, 5.74) is 2.75. The predicted octanol–water partition coefficient (Wildman–Crippen LogP) is 3.44. The Morgan fingerprint density at radius 1 is 1.16 bits per heavy atom. The van der Waals surface area contributed by atoms with Crippen molar-refractivity contribution in [1.29, 1.82) is 0 Å². The van der Waals surface area contributed by atoms with E-state index < -0.39 is 5.41 Å². The summed E-state index contributed by atoms with van der Waals surface area (Å²) in [7, 11) is 1.68. The molecule has 0 aliphatic carbocycles. The highest BCUT2D eigenvalue weighted by Crippen LogP contribution is 2.36. The molecular formula is C26H32N2O4. The van der Waals surface area contributed by atoms with Crippen molar-refractivity contribution < 1.29 is 19.1 Å². The van der Waals surface area contributed by atoms with Crippen LogP contribution in [0.15, 0.2) is 48.5 Å². The molecule has 170 valence electrons. The Kier molecular flexibility index (Phi) is 7.10. The van der Waals surface area contributed by atoms with Gasteiger partial charge in [0.05, 0.1) is 12.5 Å². The molecule has 2 aliphatic heterocycles. The van der Waals surface area contributed by atoms with Crippen LogP contribution < -0.4 is 10.1 Å². The molecule has 0 saturated carbocycles. The van der Waals surface area contributed by atoms with Crippen LogP contribution in [-0.2, 0) is 20.7 Å². The van der Waals surface area contributed by atoms with Gasteiger partial charge in [0, 0.05) is 44.8 Å². The van der Waals surface area contributed by atoms with Crippen LogP contribution in [0.4, 0.5) is 0 Å². The summed E-state index contributed by atoms with van der Waals surface area (Å²) >= 11 is 0. The van der Waals surface area contributed by atoms with Crippen molar-refractivity contribution in [2.24, 2.45) is 5.41 Å². The minimum absolute atomic E-state index is 0.0649. The zero-order valence-electron chi connectivity index (χ0n) is 18.8. The Balaban J connectivity index is 1.48. The molecule has 6 nitrogen and oxygen atoms in total. The molecule has 2 aromatic carbocycles. The second kappa shape index (κ2) is 10.2. The van der Waals surface area contributed by atoms with E-state index in [1.165, 1.54) is 0 Å². The molecule has 6 heteroatoms. The minimum Gasteiger partial charge on any atom is -0.496 e. The second-order valence-electron chi connectivity index (χ2n) is 8.71. The number of carbonyl (C=O) groups excluding carboxylic acids is 2. The number of hydrogen-bond donors (Lipinski definition) is 1. The molecule has 32 heavy (non-hydrogen) atoms. The normalized spacial score (nSPS) is 17.9. The van der Waals surface area contributed by atoms with Gasteiger partial charge in [-0.15, -0.1) is 0 Å². The van der Waals surface area contributed by atoms with Crippen LogP contribution in [0.3, 0.4) is 0 Å². The number of para-hydroxylation sites is 1. The van der Waals surface area contributed by atoms with E-state index in [-0.39, 0.29) is 11.8 Å². The van der Waals surface area contributed by atoms with E-state index in [9.17, 15) is 9.59 Å². The fraction of sp³-hybridized carbons (Fsp3) is 0.462. The van der Waals surface area contributed by atoms with Gasteiger partial charge in [-0.3, -0.25) is 9.59 Å². The molecule has 2 saturated heterocycles. The lowest BCUT2D eigenvalue weighted by atomic mass is 9.74. The van der Waals surface area contributed by atoms with Crippen LogP contribution in [0.5, 0.6) is 5.75 Å². The number of hydrogen-bond acceptors (Lipinski definition) is 4. The van der Waals surface area contributed by atoms with Gasteiger partial charge < -0.3 is 19.7 Å². The number of nitrogens with zero attached hydrogens (tertiary/aromatic N) is 1. The number of amides is 2. The summed E-state index contributed by atoms with van der Waals surface area (Å²) < 4.78 is 11.1. The molecule has 0 spiro atoms. The second-order valence-corrected chi connectivity index (χ2v) is 8.71. The number of carbonyl (C=O) groups is 2. The van der Waals surface area contributed by atoms with E-state index in [2.05, 4.69) is 29.6 Å². The summed E-state index contributed by atoms with van der Waals surface area (Å²) in [6.45, 7) is 3.05. The van der Waals surface area contributed by atoms with Gasteiger partial charge in [-0.25, -0.2) is 0 Å². The van der Waals surface area contributed by atoms with Crippen molar-refractivity contribution in [3.05, 3.63) is 54.1 Å². The molecule has 0 unspecified atom stereocenters. The zero-order valence-corrected chi connectivity index (χ0v) is 18.8. The Labute approximate surface area is 189 Å². The van der Waals surface area contributed by atoms with Crippen LogP contribution in [0.2, 0.25) is 0 Å². The van der Waals surface area contributed by atoms with Gasteiger partial charge in [0.15, 0.2) is 0 Å². The van der Waals surface area contributed by atoms with Crippen LogP contribution in [0.1, 0.15) is 31.2 Å². The third-order valence-corrected chi connectivity index (χ3v) is 6.66. The van der Waals surface area contributed by atoms with E-state index in [0.717, 1.165) is 35.4 Å². The number of rotatable bonds is 8. The van der Waals surface area contributed by atoms with Crippen molar-refractivity contribution in [2.75, 3.05) is 40.0 Å². The summed E-state index contributed by atoms with van der Waals surface area (Å²) in [6, 6.07) is 16.3. The molecule has 1 N–H and O–H groups in total. The largest absolute Gasteiger partial charge is 0.496 e. The van der Waals surface area contributed by atoms with Crippen LogP contribution in [0, 0.1) is 5.41 Å². The third kappa shape index (κ3) is 4.96. The maximum atomic E-state index is 13.3. The topological polar surface area (TPSA) is 67.9 Å². The number of nitrogens with one attached hydrogen (secondary N) is 1. The minimum atomic E-state index is -0.493. The molecule has 2 aromatic rings. The molecule has 2 fully saturated rings. The molecular weight excluding hydrogens is 404 g/mol. The number of likely N-dealkylation sites (tertiary alicyclic amines) is 1. The Morgan fingerprint density at radius 3 is 2.72 bits per heavy atom. The van der Waals surface area contributed by atoms with Crippen molar-refractivity contribution in [1.82, 2.24) is 10.2 Å². The summed E-state index contributed by atoms with van der Waals surface area (Å²) in [4.78, 5) is 27.0. The first kappa shape index (κ1) is 22.3. The molecule has 0 aromatic heterocycles. The Morgan fingerprint density at radius 2 is 1.97 bits per heavy atom. The average molecular weight is 437 g/mol. The molecule has 0 atom stereocenters. The smallest absolute Gasteiger partial charge is 0.226 e. The maximum absolute atomic E-state index is 13.3. The van der Waals surface area contributed by atoms with Gasteiger partial charge in [0.25, 0.3) is 0 Å². The lowest BCUT2D eigenvalue weighted by Crippen LogP contribution is -2.48. The number of ether oxygens (including phenoxy) is 2. The Bertz CT molecular complexity index is 952. The van der Waals surface area contributed by atoms with Gasteiger partial charge in [0.1, 0.15) is 5.75 Å². The van der Waals surface area contributed by atoms with Gasteiger partial charge in [0.2, 0.25) is 11.8 Å². The van der Waals surface area contributed by atoms with Crippen molar-refractivity contribution >= 4 is 11.8 Å². The molecule has 2 amide bonds. The van der Waals surface area contributed by atoms with Crippen LogP contribution in [-0.4, -0.2) is 56.7 Å². The highest BCUT2D eigenvalue weighted by Gasteiger charge is 2.40. The first-order valence-corrected chi connectivity index (χ1v) is 11.5. The van der Waals surface area contributed by atoms with Crippen LogP contribution >= 0.6 is 0 Å². The fourth-order valence-corrected chi connectivity index (χ4v) is 4.80. The first-order chi connectivity index (χ1) is 15.6. The highest BCUT2D eigenvalue weighted by atomic mass is 16.5. The third-order valence-electron chi connectivity index (χ3n) is 6.66. The molecule has 4 rings (SSSR count). The fourth-order valence-electron chi connectivity index (χ4n) is 4.80. The SMILES string of the molecule is COc1ccccc1-c1cccc(CC2(C(=O)NCCN3CCCC3=O)CCOCC2)c1. The van der Waals surface area contributed by atoms with Gasteiger partial charge >= 0.3 is 0 Å². The number of methoxy groups -OCH3 is 1. The van der Waals surface area contributed by atoms with E-state index in [4.69, 9.17) is 9.47 Å². The van der Waals surface area contributed by atoms with E-state index in [1.54, 1.807) is 7.11 Å². The van der Waals surface area contributed by atoms with Crippen LogP contribution in [0.25, 0.3) is 11.1 Å². The van der Waals surface area contributed by atoms with E-state index >= 15 is 0 Å². The molecule has 0 bridgehead atoms. The standard InChI is InChI=1S/C26H32N2O4/c1-31-23-9-3-2-8-22(23)21-7-4-6-20(18-21)19-26(11-16-32-17-12-26)25(30)27-13-15-28-14-5-10-24(28)29/h2-4,6-9,18H,5,10-17,19H2,1H3,(H,27,30). The average Bonchev–Trinajstić information content (AvgIpc) is 3.24. The quantitative estimate of drug-likeness (QED) is 0.688. The lowest BCUT2D eigenvalue weighted by molar-refractivity contribution is -0.137. The van der Waals surface area contributed by atoms with E-state index in [0.29, 0.717) is 52.0 Å². The van der Waals surface area contributed by atoms with Gasteiger partial charge in [-0.2, -0.15) is 0 Å². The monoisotopic (exact) mass is 436 g/mol.